The summed E-state index contributed by atoms with van der Waals surface area (Å²) in [5, 5.41) is 8.97. The number of carboxylic acid groups (broad SMARTS) is 1. The van der Waals surface area contributed by atoms with Crippen LogP contribution in [0.5, 0.6) is 0 Å². The van der Waals surface area contributed by atoms with Crippen LogP contribution in [0.4, 0.5) is 5.69 Å². The summed E-state index contributed by atoms with van der Waals surface area (Å²) in [6, 6.07) is 17.8. The zero-order chi connectivity index (χ0) is 14.7. The number of nitrogens with zero attached hydrogens (tertiary/aromatic N) is 1. The Morgan fingerprint density at radius 2 is 1.76 bits per heavy atom. The molecule has 1 saturated heterocycles. The monoisotopic (exact) mass is 281 g/mol. The summed E-state index contributed by atoms with van der Waals surface area (Å²) in [6.45, 7) is 2.09. The standard InChI is InChI=1S/C18H19NO2/c20-18(21)15-10-8-14(9-11-15)16-5-4-12-19(13-16)17-6-2-1-3-7-17/h1-3,6-11,16H,4-5,12-13H2,(H,20,21). The third-order valence-corrected chi connectivity index (χ3v) is 4.17. The minimum atomic E-state index is -0.865. The van der Waals surface area contributed by atoms with Crippen molar-refractivity contribution in [2.45, 2.75) is 18.8 Å². The van der Waals surface area contributed by atoms with Crippen LogP contribution < -0.4 is 4.90 Å². The lowest BCUT2D eigenvalue weighted by atomic mass is 9.90. The summed E-state index contributed by atoms with van der Waals surface area (Å²) in [6.07, 6.45) is 2.33. The van der Waals surface area contributed by atoms with E-state index in [-0.39, 0.29) is 0 Å². The minimum absolute atomic E-state index is 0.356. The molecule has 1 fully saturated rings. The van der Waals surface area contributed by atoms with Crippen LogP contribution >= 0.6 is 0 Å². The van der Waals surface area contributed by atoms with E-state index < -0.39 is 5.97 Å². The Balaban J connectivity index is 1.75. The molecule has 3 heteroatoms. The molecule has 0 amide bonds. The molecule has 108 valence electrons. The van der Waals surface area contributed by atoms with Gasteiger partial charge in [0.25, 0.3) is 0 Å². The van der Waals surface area contributed by atoms with E-state index >= 15 is 0 Å². The zero-order valence-corrected chi connectivity index (χ0v) is 11.9. The molecule has 1 aliphatic heterocycles. The molecule has 1 heterocycles. The number of benzene rings is 2. The predicted octanol–water partition coefficient (Wildman–Crippen LogP) is 3.77. The molecule has 3 rings (SSSR count). The average molecular weight is 281 g/mol. The number of hydrogen-bond donors (Lipinski definition) is 1. The van der Waals surface area contributed by atoms with Crippen LogP contribution in [-0.2, 0) is 0 Å². The quantitative estimate of drug-likeness (QED) is 0.931. The van der Waals surface area contributed by atoms with Crippen LogP contribution in [0.25, 0.3) is 0 Å². The molecule has 0 aliphatic carbocycles. The molecule has 0 spiro atoms. The van der Waals surface area contributed by atoms with Crippen LogP contribution in [-0.4, -0.2) is 24.2 Å². The van der Waals surface area contributed by atoms with Crippen molar-refractivity contribution in [2.24, 2.45) is 0 Å². The molecule has 3 nitrogen and oxygen atoms in total. The highest BCUT2D eigenvalue weighted by Gasteiger charge is 2.21. The lowest BCUT2D eigenvalue weighted by molar-refractivity contribution is 0.0697. The van der Waals surface area contributed by atoms with Gasteiger partial charge < -0.3 is 10.0 Å². The predicted molar refractivity (Wildman–Crippen MR) is 84.0 cm³/mol. The second-order valence-corrected chi connectivity index (χ2v) is 5.55. The maximum atomic E-state index is 10.9. The molecule has 0 saturated carbocycles. The highest BCUT2D eigenvalue weighted by molar-refractivity contribution is 5.87. The Kier molecular flexibility index (Phi) is 3.91. The highest BCUT2D eigenvalue weighted by atomic mass is 16.4. The van der Waals surface area contributed by atoms with E-state index in [1.165, 1.54) is 17.7 Å². The van der Waals surface area contributed by atoms with Gasteiger partial charge in [-0.25, -0.2) is 4.79 Å². The van der Waals surface area contributed by atoms with Crippen molar-refractivity contribution in [3.63, 3.8) is 0 Å². The molecule has 0 aromatic heterocycles. The number of para-hydroxylation sites is 1. The summed E-state index contributed by atoms with van der Waals surface area (Å²) in [5.74, 6) is -0.391. The van der Waals surface area contributed by atoms with Gasteiger partial charge in [-0.2, -0.15) is 0 Å². The zero-order valence-electron chi connectivity index (χ0n) is 11.9. The first kappa shape index (κ1) is 13.7. The van der Waals surface area contributed by atoms with Gasteiger partial charge in [0.2, 0.25) is 0 Å². The van der Waals surface area contributed by atoms with Crippen molar-refractivity contribution < 1.29 is 9.90 Å². The number of carbonyl (C=O) groups is 1. The summed E-state index contributed by atoms with van der Waals surface area (Å²) >= 11 is 0. The van der Waals surface area contributed by atoms with Crippen molar-refractivity contribution >= 4 is 11.7 Å². The number of aromatic carboxylic acids is 1. The summed E-state index contributed by atoms with van der Waals surface area (Å²) in [4.78, 5) is 13.3. The Bertz CT molecular complexity index is 607. The normalized spacial score (nSPS) is 18.5. The smallest absolute Gasteiger partial charge is 0.335 e. The largest absolute Gasteiger partial charge is 0.478 e. The van der Waals surface area contributed by atoms with E-state index in [0.717, 1.165) is 19.5 Å². The minimum Gasteiger partial charge on any atom is -0.478 e. The Morgan fingerprint density at radius 1 is 1.05 bits per heavy atom. The van der Waals surface area contributed by atoms with Crippen LogP contribution in [0.1, 0.15) is 34.7 Å². The van der Waals surface area contributed by atoms with Gasteiger partial charge in [0, 0.05) is 24.7 Å². The third-order valence-electron chi connectivity index (χ3n) is 4.17. The van der Waals surface area contributed by atoms with Crippen LogP contribution in [0.15, 0.2) is 54.6 Å². The van der Waals surface area contributed by atoms with Gasteiger partial charge in [-0.15, -0.1) is 0 Å². The van der Waals surface area contributed by atoms with Crippen molar-refractivity contribution in [1.29, 1.82) is 0 Å². The lowest BCUT2D eigenvalue weighted by Crippen LogP contribution is -2.34. The molecule has 0 bridgehead atoms. The third kappa shape index (κ3) is 3.07. The number of anilines is 1. The molecule has 2 aromatic carbocycles. The van der Waals surface area contributed by atoms with Gasteiger partial charge in [0.1, 0.15) is 0 Å². The van der Waals surface area contributed by atoms with E-state index in [4.69, 9.17) is 5.11 Å². The number of hydrogen-bond acceptors (Lipinski definition) is 2. The molecular formula is C18H19NO2. The molecule has 1 unspecified atom stereocenters. The van der Waals surface area contributed by atoms with Crippen molar-refractivity contribution in [3.05, 3.63) is 65.7 Å². The van der Waals surface area contributed by atoms with E-state index in [2.05, 4.69) is 29.2 Å². The van der Waals surface area contributed by atoms with E-state index in [1.807, 2.05) is 18.2 Å². The molecule has 0 radical (unpaired) electrons. The van der Waals surface area contributed by atoms with Gasteiger partial charge in [0.05, 0.1) is 5.56 Å². The highest BCUT2D eigenvalue weighted by Crippen LogP contribution is 2.30. The molecule has 1 atom stereocenters. The first-order valence-electron chi connectivity index (χ1n) is 7.37. The molecule has 1 aliphatic rings. The van der Waals surface area contributed by atoms with E-state index in [9.17, 15) is 4.79 Å². The van der Waals surface area contributed by atoms with E-state index in [1.54, 1.807) is 12.1 Å². The number of carboxylic acids is 1. The fraction of sp³-hybridized carbons (Fsp3) is 0.278. The van der Waals surface area contributed by atoms with Crippen LogP contribution in [0.2, 0.25) is 0 Å². The van der Waals surface area contributed by atoms with Gasteiger partial charge in [-0.1, -0.05) is 30.3 Å². The van der Waals surface area contributed by atoms with Gasteiger partial charge in [-0.3, -0.25) is 0 Å². The first-order valence-corrected chi connectivity index (χ1v) is 7.37. The summed E-state index contributed by atoms with van der Waals surface area (Å²) in [5.41, 5.74) is 2.86. The number of rotatable bonds is 3. The lowest BCUT2D eigenvalue weighted by Gasteiger charge is -2.34. The molecule has 2 aromatic rings. The van der Waals surface area contributed by atoms with Crippen molar-refractivity contribution in [2.75, 3.05) is 18.0 Å². The fourth-order valence-corrected chi connectivity index (χ4v) is 3.02. The second-order valence-electron chi connectivity index (χ2n) is 5.55. The second kappa shape index (κ2) is 6.00. The number of piperidine rings is 1. The van der Waals surface area contributed by atoms with Crippen LogP contribution in [0.3, 0.4) is 0 Å². The molecular weight excluding hydrogens is 262 g/mol. The molecule has 1 N–H and O–H groups in total. The maximum Gasteiger partial charge on any atom is 0.335 e. The molecule has 21 heavy (non-hydrogen) atoms. The Labute approximate surface area is 124 Å². The van der Waals surface area contributed by atoms with Crippen LogP contribution in [0, 0.1) is 0 Å². The fourth-order valence-electron chi connectivity index (χ4n) is 3.02. The topological polar surface area (TPSA) is 40.5 Å². The summed E-state index contributed by atoms with van der Waals surface area (Å²) < 4.78 is 0. The SMILES string of the molecule is O=C(O)c1ccc(C2CCCN(c3ccccc3)C2)cc1. The van der Waals surface area contributed by atoms with Gasteiger partial charge in [0.15, 0.2) is 0 Å². The van der Waals surface area contributed by atoms with Gasteiger partial charge in [-0.05, 0) is 42.7 Å². The van der Waals surface area contributed by atoms with Crippen molar-refractivity contribution in [1.82, 2.24) is 0 Å². The summed E-state index contributed by atoms with van der Waals surface area (Å²) in [7, 11) is 0. The Hall–Kier alpha value is -2.29. The first-order chi connectivity index (χ1) is 10.2. The maximum absolute atomic E-state index is 10.9. The van der Waals surface area contributed by atoms with E-state index in [0.29, 0.717) is 11.5 Å². The average Bonchev–Trinajstić information content (AvgIpc) is 2.56. The van der Waals surface area contributed by atoms with Crippen molar-refractivity contribution in [3.8, 4) is 0 Å². The Morgan fingerprint density at radius 3 is 2.43 bits per heavy atom. The van der Waals surface area contributed by atoms with Gasteiger partial charge >= 0.3 is 5.97 Å².